The van der Waals surface area contributed by atoms with Crippen molar-refractivity contribution in [1.29, 1.82) is 0 Å². The van der Waals surface area contributed by atoms with E-state index in [1.807, 2.05) is 0 Å². The Labute approximate surface area is 67.7 Å². The highest BCUT2D eigenvalue weighted by atomic mass is 16.2. The van der Waals surface area contributed by atoms with E-state index in [0.717, 1.165) is 19.3 Å². The summed E-state index contributed by atoms with van der Waals surface area (Å²) in [6.07, 6.45) is 13.4. The predicted molar refractivity (Wildman–Crippen MR) is 47.3 cm³/mol. The van der Waals surface area contributed by atoms with Crippen LogP contribution in [0, 0.1) is 0 Å². The third-order valence-electron chi connectivity index (χ3n) is 1.70. The van der Waals surface area contributed by atoms with Crippen molar-refractivity contribution in [2.75, 3.05) is 6.61 Å². The SMILES string of the molecule is OCCCC1=CCC=CC=C1. The molecule has 1 aliphatic carbocycles. The minimum Gasteiger partial charge on any atom is -0.396 e. The molecule has 1 rings (SSSR count). The second-order valence-corrected chi connectivity index (χ2v) is 2.63. The third kappa shape index (κ3) is 3.19. The first-order chi connectivity index (χ1) is 5.43. The Morgan fingerprint density at radius 3 is 3.09 bits per heavy atom. The highest BCUT2D eigenvalue weighted by molar-refractivity contribution is 5.26. The lowest BCUT2D eigenvalue weighted by Crippen LogP contribution is -1.84. The van der Waals surface area contributed by atoms with Crippen molar-refractivity contribution < 1.29 is 5.11 Å². The average Bonchev–Trinajstić information content (AvgIpc) is 2.28. The summed E-state index contributed by atoms with van der Waals surface area (Å²) in [6, 6.07) is 0. The van der Waals surface area contributed by atoms with Gasteiger partial charge < -0.3 is 5.11 Å². The van der Waals surface area contributed by atoms with Crippen molar-refractivity contribution in [3.05, 3.63) is 36.0 Å². The van der Waals surface area contributed by atoms with Crippen molar-refractivity contribution in [3.8, 4) is 0 Å². The zero-order valence-corrected chi connectivity index (χ0v) is 6.66. The minimum atomic E-state index is 0.290. The molecular weight excluding hydrogens is 136 g/mol. The summed E-state index contributed by atoms with van der Waals surface area (Å²) in [4.78, 5) is 0. The van der Waals surface area contributed by atoms with Gasteiger partial charge in [0.1, 0.15) is 0 Å². The average molecular weight is 150 g/mol. The van der Waals surface area contributed by atoms with Gasteiger partial charge in [0.2, 0.25) is 0 Å². The first kappa shape index (κ1) is 8.28. The first-order valence-corrected chi connectivity index (χ1v) is 4.06. The summed E-state index contributed by atoms with van der Waals surface area (Å²) in [5.74, 6) is 0. The van der Waals surface area contributed by atoms with E-state index in [4.69, 9.17) is 5.11 Å². The molecule has 1 nitrogen and oxygen atoms in total. The van der Waals surface area contributed by atoms with Gasteiger partial charge in [0.05, 0.1) is 0 Å². The molecule has 0 fully saturated rings. The van der Waals surface area contributed by atoms with E-state index < -0.39 is 0 Å². The summed E-state index contributed by atoms with van der Waals surface area (Å²) >= 11 is 0. The molecule has 0 aromatic carbocycles. The van der Waals surface area contributed by atoms with Gasteiger partial charge in [-0.1, -0.05) is 36.0 Å². The Hall–Kier alpha value is -0.820. The van der Waals surface area contributed by atoms with Crippen molar-refractivity contribution in [2.24, 2.45) is 0 Å². The van der Waals surface area contributed by atoms with Crippen LogP contribution in [0.25, 0.3) is 0 Å². The van der Waals surface area contributed by atoms with E-state index in [2.05, 4.69) is 30.4 Å². The van der Waals surface area contributed by atoms with Crippen molar-refractivity contribution in [2.45, 2.75) is 19.3 Å². The normalized spacial score (nSPS) is 16.3. The molecule has 0 saturated heterocycles. The van der Waals surface area contributed by atoms with E-state index in [1.165, 1.54) is 5.57 Å². The van der Waals surface area contributed by atoms with Gasteiger partial charge in [0, 0.05) is 6.61 Å². The summed E-state index contributed by atoms with van der Waals surface area (Å²) in [6.45, 7) is 0.290. The van der Waals surface area contributed by atoms with Gasteiger partial charge in [-0.25, -0.2) is 0 Å². The maximum Gasteiger partial charge on any atom is 0.0434 e. The maximum atomic E-state index is 8.60. The van der Waals surface area contributed by atoms with Crippen LogP contribution in [0.3, 0.4) is 0 Å². The molecule has 60 valence electrons. The number of rotatable bonds is 3. The minimum absolute atomic E-state index is 0.290. The largest absolute Gasteiger partial charge is 0.396 e. The number of hydrogen-bond donors (Lipinski definition) is 1. The predicted octanol–water partition coefficient (Wildman–Crippen LogP) is 2.20. The Morgan fingerprint density at radius 1 is 1.36 bits per heavy atom. The van der Waals surface area contributed by atoms with Crippen LogP contribution in [0.5, 0.6) is 0 Å². The first-order valence-electron chi connectivity index (χ1n) is 4.06. The van der Waals surface area contributed by atoms with Gasteiger partial charge in [-0.05, 0) is 19.3 Å². The molecule has 0 unspecified atom stereocenters. The summed E-state index contributed by atoms with van der Waals surface area (Å²) in [5.41, 5.74) is 1.34. The summed E-state index contributed by atoms with van der Waals surface area (Å²) in [7, 11) is 0. The summed E-state index contributed by atoms with van der Waals surface area (Å²) < 4.78 is 0. The third-order valence-corrected chi connectivity index (χ3v) is 1.70. The zero-order valence-electron chi connectivity index (χ0n) is 6.66. The molecule has 0 aromatic heterocycles. The summed E-state index contributed by atoms with van der Waals surface area (Å²) in [5, 5.41) is 8.60. The van der Waals surface area contributed by atoms with Gasteiger partial charge in [-0.2, -0.15) is 0 Å². The quantitative estimate of drug-likeness (QED) is 0.654. The Kier molecular flexibility index (Phi) is 3.70. The van der Waals surface area contributed by atoms with Gasteiger partial charge in [-0.3, -0.25) is 0 Å². The molecule has 1 aliphatic rings. The lowest BCUT2D eigenvalue weighted by Gasteiger charge is -1.97. The van der Waals surface area contributed by atoms with Crippen molar-refractivity contribution in [1.82, 2.24) is 0 Å². The Morgan fingerprint density at radius 2 is 2.27 bits per heavy atom. The molecule has 0 bridgehead atoms. The second-order valence-electron chi connectivity index (χ2n) is 2.63. The van der Waals surface area contributed by atoms with Gasteiger partial charge in [-0.15, -0.1) is 0 Å². The number of aliphatic hydroxyl groups excluding tert-OH is 1. The molecule has 0 heterocycles. The zero-order chi connectivity index (χ0) is 7.94. The molecule has 0 saturated carbocycles. The molecule has 0 radical (unpaired) electrons. The van der Waals surface area contributed by atoms with Crippen LogP contribution in [0.4, 0.5) is 0 Å². The molecule has 1 heteroatoms. The van der Waals surface area contributed by atoms with E-state index in [-0.39, 0.29) is 0 Å². The van der Waals surface area contributed by atoms with Crippen LogP contribution in [0.15, 0.2) is 36.0 Å². The number of aliphatic hydroxyl groups is 1. The monoisotopic (exact) mass is 150 g/mol. The lowest BCUT2D eigenvalue weighted by atomic mass is 10.1. The van der Waals surface area contributed by atoms with Crippen LogP contribution in [-0.4, -0.2) is 11.7 Å². The van der Waals surface area contributed by atoms with E-state index >= 15 is 0 Å². The fourth-order valence-electron chi connectivity index (χ4n) is 1.09. The Balaban J connectivity index is 2.38. The molecular formula is C10H14O. The van der Waals surface area contributed by atoms with Gasteiger partial charge in [0.25, 0.3) is 0 Å². The topological polar surface area (TPSA) is 20.2 Å². The van der Waals surface area contributed by atoms with E-state index in [1.54, 1.807) is 0 Å². The lowest BCUT2D eigenvalue weighted by molar-refractivity contribution is 0.289. The van der Waals surface area contributed by atoms with Gasteiger partial charge in [0.15, 0.2) is 0 Å². The standard InChI is InChI=1S/C10H14O/c11-9-5-8-10-6-3-1-2-4-7-10/h1-3,6-7,11H,4-5,8-9H2. The van der Waals surface area contributed by atoms with Crippen LogP contribution in [-0.2, 0) is 0 Å². The van der Waals surface area contributed by atoms with E-state index in [0.29, 0.717) is 6.61 Å². The molecule has 0 aromatic rings. The fourth-order valence-corrected chi connectivity index (χ4v) is 1.09. The number of allylic oxidation sites excluding steroid dienone is 6. The van der Waals surface area contributed by atoms with Gasteiger partial charge >= 0.3 is 0 Å². The smallest absolute Gasteiger partial charge is 0.0434 e. The van der Waals surface area contributed by atoms with Crippen molar-refractivity contribution in [3.63, 3.8) is 0 Å². The van der Waals surface area contributed by atoms with Crippen molar-refractivity contribution >= 4 is 0 Å². The number of hydrogen-bond acceptors (Lipinski definition) is 1. The Bertz CT molecular complexity index is 187. The molecule has 0 spiro atoms. The van der Waals surface area contributed by atoms with Crippen LogP contribution in [0.1, 0.15) is 19.3 Å². The highest BCUT2D eigenvalue weighted by Gasteiger charge is 1.92. The van der Waals surface area contributed by atoms with Crippen LogP contribution in [0.2, 0.25) is 0 Å². The molecule has 0 atom stereocenters. The van der Waals surface area contributed by atoms with E-state index in [9.17, 15) is 0 Å². The fraction of sp³-hybridized carbons (Fsp3) is 0.400. The molecule has 1 N–H and O–H groups in total. The molecule has 11 heavy (non-hydrogen) atoms. The van der Waals surface area contributed by atoms with Crippen LogP contribution < -0.4 is 0 Å². The highest BCUT2D eigenvalue weighted by Crippen LogP contribution is 2.10. The van der Waals surface area contributed by atoms with Crippen LogP contribution >= 0.6 is 0 Å². The molecule has 0 amide bonds. The molecule has 0 aliphatic heterocycles. The maximum absolute atomic E-state index is 8.60. The second kappa shape index (κ2) is 4.91.